The molecule has 1 aromatic heterocycles. The zero-order valence-electron chi connectivity index (χ0n) is 17.2. The van der Waals surface area contributed by atoms with Crippen LogP contribution in [0, 0.1) is 13.8 Å². The zero-order chi connectivity index (χ0) is 21.9. The molecule has 3 aromatic rings. The fourth-order valence-electron chi connectivity index (χ4n) is 4.79. The zero-order valence-corrected chi connectivity index (χ0v) is 17.2. The molecule has 0 unspecified atom stereocenters. The Bertz CT molecular complexity index is 1280. The largest absolute Gasteiger partial charge is 0.368 e. The highest BCUT2D eigenvalue weighted by Gasteiger charge is 2.57. The van der Waals surface area contributed by atoms with E-state index in [2.05, 4.69) is 10.4 Å². The summed E-state index contributed by atoms with van der Waals surface area (Å²) in [5.41, 5.74) is 8.96. The van der Waals surface area contributed by atoms with Gasteiger partial charge < -0.3 is 16.0 Å². The Morgan fingerprint density at radius 2 is 1.90 bits per heavy atom. The van der Waals surface area contributed by atoms with E-state index in [-0.39, 0.29) is 24.8 Å². The van der Waals surface area contributed by atoms with E-state index in [1.54, 1.807) is 23.0 Å². The fraction of sp³-hybridized carbons (Fsp3) is 0.217. The van der Waals surface area contributed by atoms with Gasteiger partial charge in [0.15, 0.2) is 0 Å². The van der Waals surface area contributed by atoms with Crippen molar-refractivity contribution in [2.75, 3.05) is 16.8 Å². The third-order valence-electron chi connectivity index (χ3n) is 6.07. The molecule has 2 aliphatic heterocycles. The summed E-state index contributed by atoms with van der Waals surface area (Å²) in [6.07, 6.45) is 1.57. The number of nitrogens with two attached hydrogens (primary N) is 1. The van der Waals surface area contributed by atoms with Crippen molar-refractivity contribution in [3.05, 3.63) is 70.9 Å². The molecule has 3 N–H and O–H groups in total. The summed E-state index contributed by atoms with van der Waals surface area (Å²) in [4.78, 5) is 39.7. The maximum absolute atomic E-state index is 13.7. The van der Waals surface area contributed by atoms with E-state index in [4.69, 9.17) is 5.73 Å². The number of rotatable bonds is 3. The highest BCUT2D eigenvalue weighted by molar-refractivity contribution is 6.17. The van der Waals surface area contributed by atoms with E-state index in [9.17, 15) is 14.4 Å². The molecule has 0 fully saturated rings. The number of anilines is 2. The summed E-state index contributed by atoms with van der Waals surface area (Å²) < 4.78 is 1.66. The van der Waals surface area contributed by atoms with E-state index in [0.717, 1.165) is 16.8 Å². The van der Waals surface area contributed by atoms with Gasteiger partial charge in [-0.15, -0.1) is 0 Å². The number of carbonyl (C=O) groups is 3. The Balaban J connectivity index is 1.75. The lowest BCUT2D eigenvalue weighted by Gasteiger charge is -2.32. The molecule has 8 heteroatoms. The molecule has 0 saturated heterocycles. The molecular formula is C23H21N5O3. The van der Waals surface area contributed by atoms with Gasteiger partial charge in [0, 0.05) is 17.7 Å². The number of nitrogens with one attached hydrogen (secondary N) is 1. The Morgan fingerprint density at radius 3 is 2.65 bits per heavy atom. The van der Waals surface area contributed by atoms with Gasteiger partial charge in [-0.05, 0) is 37.1 Å². The lowest BCUT2D eigenvalue weighted by Crippen LogP contribution is -2.48. The average molecular weight is 415 g/mol. The van der Waals surface area contributed by atoms with Crippen LogP contribution < -0.4 is 16.0 Å². The number of fused-ring (bicyclic) bond motifs is 4. The minimum atomic E-state index is -1.25. The number of nitrogens with zero attached hydrogens (tertiary/aromatic N) is 3. The quantitative estimate of drug-likeness (QED) is 0.681. The summed E-state index contributed by atoms with van der Waals surface area (Å²) in [5, 5.41) is 7.45. The molecule has 2 aliphatic rings. The predicted molar refractivity (Wildman–Crippen MR) is 115 cm³/mol. The van der Waals surface area contributed by atoms with Gasteiger partial charge in [0.2, 0.25) is 17.7 Å². The molecule has 1 atom stereocenters. The van der Waals surface area contributed by atoms with Gasteiger partial charge in [-0.25, -0.2) is 4.68 Å². The normalized spacial score (nSPS) is 19.4. The van der Waals surface area contributed by atoms with Gasteiger partial charge in [-0.3, -0.25) is 14.4 Å². The molecular weight excluding hydrogens is 394 g/mol. The van der Waals surface area contributed by atoms with Crippen molar-refractivity contribution in [2.45, 2.75) is 25.7 Å². The van der Waals surface area contributed by atoms with Gasteiger partial charge in [0.05, 0.1) is 11.9 Å². The summed E-state index contributed by atoms with van der Waals surface area (Å²) in [7, 11) is 0. The molecule has 0 bridgehead atoms. The van der Waals surface area contributed by atoms with E-state index in [1.165, 1.54) is 4.90 Å². The monoisotopic (exact) mass is 415 g/mol. The molecule has 3 heterocycles. The van der Waals surface area contributed by atoms with Crippen molar-refractivity contribution in [1.82, 2.24) is 9.78 Å². The van der Waals surface area contributed by atoms with Crippen molar-refractivity contribution >= 4 is 29.2 Å². The van der Waals surface area contributed by atoms with Gasteiger partial charge in [0.25, 0.3) is 0 Å². The van der Waals surface area contributed by atoms with Gasteiger partial charge >= 0.3 is 0 Å². The van der Waals surface area contributed by atoms with Crippen molar-refractivity contribution in [2.24, 2.45) is 5.73 Å². The maximum atomic E-state index is 13.7. The number of hydrogen-bond acceptors (Lipinski definition) is 4. The minimum absolute atomic E-state index is 0.0658. The van der Waals surface area contributed by atoms with E-state index < -0.39 is 11.3 Å². The fourth-order valence-corrected chi connectivity index (χ4v) is 4.79. The van der Waals surface area contributed by atoms with Crippen LogP contribution in [-0.2, 0) is 19.8 Å². The Morgan fingerprint density at radius 1 is 1.13 bits per heavy atom. The van der Waals surface area contributed by atoms with Crippen LogP contribution in [0.25, 0.3) is 5.69 Å². The summed E-state index contributed by atoms with van der Waals surface area (Å²) in [5.74, 6) is -0.786. The number of benzene rings is 2. The first kappa shape index (κ1) is 19.0. The van der Waals surface area contributed by atoms with Crippen LogP contribution in [0.3, 0.4) is 0 Å². The van der Waals surface area contributed by atoms with Crippen LogP contribution in [-0.4, -0.2) is 34.0 Å². The molecule has 0 radical (unpaired) electrons. The number of para-hydroxylation sites is 1. The number of primary amides is 1. The summed E-state index contributed by atoms with van der Waals surface area (Å²) >= 11 is 0. The van der Waals surface area contributed by atoms with Crippen molar-refractivity contribution in [1.29, 1.82) is 0 Å². The number of carbonyl (C=O) groups excluding carboxylic acids is 3. The van der Waals surface area contributed by atoms with Crippen LogP contribution in [0.2, 0.25) is 0 Å². The number of amides is 3. The topological polar surface area (TPSA) is 110 Å². The summed E-state index contributed by atoms with van der Waals surface area (Å²) in [6.45, 7) is 3.73. The average Bonchev–Trinajstić information content (AvgIpc) is 3.22. The number of aromatic nitrogens is 2. The van der Waals surface area contributed by atoms with Crippen LogP contribution in [0.1, 0.15) is 28.7 Å². The Hall–Kier alpha value is -3.94. The molecule has 0 aliphatic carbocycles. The molecule has 2 aromatic carbocycles. The summed E-state index contributed by atoms with van der Waals surface area (Å²) in [6, 6.07) is 13.2. The van der Waals surface area contributed by atoms with Crippen LogP contribution in [0.15, 0.2) is 48.7 Å². The molecule has 3 amide bonds. The first-order valence-electron chi connectivity index (χ1n) is 9.98. The molecule has 156 valence electrons. The molecule has 8 nitrogen and oxygen atoms in total. The molecule has 31 heavy (non-hydrogen) atoms. The van der Waals surface area contributed by atoms with Crippen LogP contribution >= 0.6 is 0 Å². The lowest BCUT2D eigenvalue weighted by molar-refractivity contribution is -0.127. The minimum Gasteiger partial charge on any atom is -0.368 e. The first-order chi connectivity index (χ1) is 14.8. The van der Waals surface area contributed by atoms with Crippen LogP contribution in [0.4, 0.5) is 11.5 Å². The van der Waals surface area contributed by atoms with Gasteiger partial charge in [0.1, 0.15) is 17.8 Å². The number of aryl methyl sites for hydroxylation is 2. The van der Waals surface area contributed by atoms with E-state index in [0.29, 0.717) is 22.6 Å². The maximum Gasteiger partial charge on any atom is 0.243 e. The second kappa shape index (κ2) is 6.53. The van der Waals surface area contributed by atoms with E-state index >= 15 is 0 Å². The van der Waals surface area contributed by atoms with Crippen molar-refractivity contribution < 1.29 is 14.4 Å². The van der Waals surface area contributed by atoms with Crippen molar-refractivity contribution in [3.63, 3.8) is 0 Å². The molecule has 1 spiro atoms. The van der Waals surface area contributed by atoms with E-state index in [1.807, 2.05) is 44.2 Å². The Labute approximate surface area is 178 Å². The number of hydrogen-bond donors (Lipinski definition) is 2. The third kappa shape index (κ3) is 2.61. The van der Waals surface area contributed by atoms with Gasteiger partial charge in [-0.1, -0.05) is 35.9 Å². The lowest BCUT2D eigenvalue weighted by atomic mass is 9.72. The predicted octanol–water partition coefficient (Wildman–Crippen LogP) is 1.95. The van der Waals surface area contributed by atoms with Gasteiger partial charge in [-0.2, -0.15) is 5.10 Å². The van der Waals surface area contributed by atoms with Crippen molar-refractivity contribution in [3.8, 4) is 5.69 Å². The second-order valence-corrected chi connectivity index (χ2v) is 8.11. The first-order valence-corrected chi connectivity index (χ1v) is 9.98. The smallest absolute Gasteiger partial charge is 0.243 e. The Kier molecular flexibility index (Phi) is 4.01. The second-order valence-electron chi connectivity index (χ2n) is 8.11. The van der Waals surface area contributed by atoms with Crippen LogP contribution in [0.5, 0.6) is 0 Å². The highest BCUT2D eigenvalue weighted by Crippen LogP contribution is 2.52. The molecule has 0 saturated carbocycles. The third-order valence-corrected chi connectivity index (χ3v) is 6.07. The highest BCUT2D eigenvalue weighted by atomic mass is 16.2. The standard InChI is InChI=1S/C23H21N5O3/c1-13-7-8-17(14(2)9-13)28-21-16(11-25-28)23(10-20(30)26-21)15-5-3-4-6-18(15)27(22(23)31)12-19(24)29/h3-9,11H,10,12H2,1-2H3,(H2,24,29)(H,26,30)/t23-/m1/s1. The molecule has 5 rings (SSSR count). The SMILES string of the molecule is Cc1ccc(-n2ncc3c2NC(=O)C[C@]32C(=O)N(CC(N)=O)c3ccccc32)c(C)c1.